The quantitative estimate of drug-likeness (QED) is 0.511. The van der Waals surface area contributed by atoms with E-state index in [0.29, 0.717) is 6.42 Å². The number of benzene rings is 1. The summed E-state index contributed by atoms with van der Waals surface area (Å²) in [6.07, 6.45) is 5.83. The topological polar surface area (TPSA) is 79.2 Å². The molecule has 4 rings (SSSR count). The average Bonchev–Trinajstić information content (AvgIpc) is 3.15. The first-order valence-electron chi connectivity index (χ1n) is 6.96. The van der Waals surface area contributed by atoms with Crippen molar-refractivity contribution in [2.45, 2.75) is 6.42 Å². The van der Waals surface area contributed by atoms with Gasteiger partial charge in [0.1, 0.15) is 6.26 Å². The largest absolute Gasteiger partial charge is 0.398 e. The maximum Gasteiger partial charge on any atom is 0.150 e. The summed E-state index contributed by atoms with van der Waals surface area (Å²) < 4.78 is 0. The second-order valence-corrected chi connectivity index (χ2v) is 5.10. The van der Waals surface area contributed by atoms with Crippen molar-refractivity contribution in [1.29, 1.82) is 0 Å². The monoisotopic (exact) mass is 293 g/mol. The standard InChI is InChI=1S/C16H15N5O/c1-2-4-13-16-10(9-14(18-13)21-7-8-22-20-21)15-11(17)5-3-6-12(15)19-16/h2-3,5-9,19-20H,1,4,17H2. The van der Waals surface area contributed by atoms with E-state index in [4.69, 9.17) is 10.6 Å². The SMILES string of the molecule is C=CCc1nc(N2C=CON2)cc2c1[nH]c1cccc(N)c12. The summed E-state index contributed by atoms with van der Waals surface area (Å²) in [6, 6.07) is 7.84. The molecule has 22 heavy (non-hydrogen) atoms. The predicted octanol–water partition coefficient (Wildman–Crippen LogP) is 2.75. The third-order valence-electron chi connectivity index (χ3n) is 3.72. The van der Waals surface area contributed by atoms with Crippen molar-refractivity contribution in [2.75, 3.05) is 10.7 Å². The molecule has 3 heterocycles. The molecule has 1 aliphatic rings. The third-order valence-corrected chi connectivity index (χ3v) is 3.72. The number of fused-ring (bicyclic) bond motifs is 3. The number of hydrogen-bond donors (Lipinski definition) is 3. The summed E-state index contributed by atoms with van der Waals surface area (Å²) in [5, 5.41) is 3.76. The minimum atomic E-state index is 0.662. The fourth-order valence-corrected chi connectivity index (χ4v) is 2.77. The first-order chi connectivity index (χ1) is 10.8. The van der Waals surface area contributed by atoms with Crippen LogP contribution in [0.4, 0.5) is 11.5 Å². The number of nitrogens with zero attached hydrogens (tertiary/aromatic N) is 2. The normalized spacial score (nSPS) is 13.9. The van der Waals surface area contributed by atoms with Gasteiger partial charge in [-0.1, -0.05) is 17.7 Å². The summed E-state index contributed by atoms with van der Waals surface area (Å²) >= 11 is 0. The second kappa shape index (κ2) is 4.78. The van der Waals surface area contributed by atoms with E-state index in [1.807, 2.05) is 30.3 Å². The molecule has 0 radical (unpaired) electrons. The third kappa shape index (κ3) is 1.82. The van der Waals surface area contributed by atoms with E-state index in [-0.39, 0.29) is 0 Å². The summed E-state index contributed by atoms with van der Waals surface area (Å²) in [5.74, 6) is 0.738. The van der Waals surface area contributed by atoms with Crippen molar-refractivity contribution in [3.63, 3.8) is 0 Å². The van der Waals surface area contributed by atoms with E-state index in [0.717, 1.165) is 39.0 Å². The molecular formula is C16H15N5O. The van der Waals surface area contributed by atoms with E-state index < -0.39 is 0 Å². The van der Waals surface area contributed by atoms with Gasteiger partial charge in [0.2, 0.25) is 0 Å². The number of nitrogen functional groups attached to an aromatic ring is 1. The molecule has 0 aliphatic carbocycles. The van der Waals surface area contributed by atoms with E-state index in [1.54, 1.807) is 17.5 Å². The molecule has 0 atom stereocenters. The van der Waals surface area contributed by atoms with Gasteiger partial charge in [-0.05, 0) is 18.2 Å². The smallest absolute Gasteiger partial charge is 0.150 e. The Morgan fingerprint density at radius 2 is 2.32 bits per heavy atom. The van der Waals surface area contributed by atoms with Gasteiger partial charge in [0.15, 0.2) is 5.82 Å². The molecule has 0 spiro atoms. The minimum absolute atomic E-state index is 0.662. The molecule has 6 heteroatoms. The number of rotatable bonds is 3. The van der Waals surface area contributed by atoms with Crippen LogP contribution in [0.1, 0.15) is 5.69 Å². The number of nitrogens with one attached hydrogen (secondary N) is 2. The average molecular weight is 293 g/mol. The van der Waals surface area contributed by atoms with Gasteiger partial charge in [-0.2, -0.15) is 0 Å². The van der Waals surface area contributed by atoms with Crippen LogP contribution in [0.15, 0.2) is 49.4 Å². The molecule has 0 unspecified atom stereocenters. The van der Waals surface area contributed by atoms with Crippen molar-refractivity contribution in [3.05, 3.63) is 55.1 Å². The molecule has 0 saturated carbocycles. The Morgan fingerprint density at radius 3 is 3.09 bits per heavy atom. The lowest BCUT2D eigenvalue weighted by Gasteiger charge is -2.14. The highest BCUT2D eigenvalue weighted by molar-refractivity contribution is 6.14. The fraction of sp³-hybridized carbons (Fsp3) is 0.0625. The van der Waals surface area contributed by atoms with Gasteiger partial charge in [-0.25, -0.2) is 9.99 Å². The Kier molecular flexibility index (Phi) is 2.77. The molecule has 6 nitrogen and oxygen atoms in total. The summed E-state index contributed by atoms with van der Waals surface area (Å²) in [4.78, 5) is 13.1. The van der Waals surface area contributed by atoms with Crippen LogP contribution in [0.3, 0.4) is 0 Å². The Bertz CT molecular complexity index is 912. The number of hydrogen-bond acceptors (Lipinski definition) is 5. The van der Waals surface area contributed by atoms with E-state index in [9.17, 15) is 0 Å². The van der Waals surface area contributed by atoms with Crippen LogP contribution < -0.4 is 16.3 Å². The number of H-pyrrole nitrogens is 1. The van der Waals surface area contributed by atoms with Gasteiger partial charge in [-0.15, -0.1) is 6.58 Å². The van der Waals surface area contributed by atoms with E-state index in [1.165, 1.54) is 0 Å². The number of aromatic nitrogens is 2. The first kappa shape index (κ1) is 12.7. The lowest BCUT2D eigenvalue weighted by Crippen LogP contribution is -2.28. The molecule has 4 N–H and O–H groups in total. The van der Waals surface area contributed by atoms with Crippen molar-refractivity contribution in [2.24, 2.45) is 0 Å². The lowest BCUT2D eigenvalue weighted by atomic mass is 10.1. The zero-order valence-electron chi connectivity index (χ0n) is 11.8. The highest BCUT2D eigenvalue weighted by Gasteiger charge is 2.16. The molecule has 1 aromatic carbocycles. The molecular weight excluding hydrogens is 278 g/mol. The Hall–Kier alpha value is -2.99. The molecule has 1 aliphatic heterocycles. The van der Waals surface area contributed by atoms with E-state index in [2.05, 4.69) is 22.1 Å². The van der Waals surface area contributed by atoms with Crippen LogP contribution in [-0.4, -0.2) is 9.97 Å². The molecule has 3 aromatic rings. The number of pyridine rings is 1. The highest BCUT2D eigenvalue weighted by atomic mass is 16.7. The maximum absolute atomic E-state index is 6.17. The van der Waals surface area contributed by atoms with Crippen LogP contribution in [0.5, 0.6) is 0 Å². The van der Waals surface area contributed by atoms with Crippen molar-refractivity contribution in [3.8, 4) is 0 Å². The molecule has 110 valence electrons. The Balaban J connectivity index is 2.05. The van der Waals surface area contributed by atoms with Crippen LogP contribution in [0.25, 0.3) is 21.8 Å². The lowest BCUT2D eigenvalue weighted by molar-refractivity contribution is 0.158. The molecule has 2 aromatic heterocycles. The van der Waals surface area contributed by atoms with Crippen LogP contribution in [-0.2, 0) is 11.3 Å². The second-order valence-electron chi connectivity index (χ2n) is 5.10. The van der Waals surface area contributed by atoms with Crippen LogP contribution in [0.2, 0.25) is 0 Å². The number of allylic oxidation sites excluding steroid dienone is 1. The zero-order valence-corrected chi connectivity index (χ0v) is 11.8. The molecule has 0 fully saturated rings. The van der Waals surface area contributed by atoms with E-state index >= 15 is 0 Å². The summed E-state index contributed by atoms with van der Waals surface area (Å²) in [5.41, 5.74) is 12.6. The minimum Gasteiger partial charge on any atom is -0.398 e. The number of nitrogens with two attached hydrogens (primary N) is 1. The van der Waals surface area contributed by atoms with Crippen molar-refractivity contribution < 1.29 is 4.84 Å². The Morgan fingerprint density at radius 1 is 1.41 bits per heavy atom. The molecule has 0 saturated heterocycles. The highest BCUT2D eigenvalue weighted by Crippen LogP contribution is 2.33. The van der Waals surface area contributed by atoms with Crippen LogP contribution >= 0.6 is 0 Å². The van der Waals surface area contributed by atoms with Gasteiger partial charge < -0.3 is 15.6 Å². The number of anilines is 2. The van der Waals surface area contributed by atoms with Gasteiger partial charge in [0.25, 0.3) is 0 Å². The number of aromatic amines is 1. The molecule has 0 bridgehead atoms. The van der Waals surface area contributed by atoms with Gasteiger partial charge >= 0.3 is 0 Å². The van der Waals surface area contributed by atoms with Crippen molar-refractivity contribution in [1.82, 2.24) is 15.6 Å². The first-order valence-corrected chi connectivity index (χ1v) is 6.96. The van der Waals surface area contributed by atoms with Crippen LogP contribution in [0, 0.1) is 0 Å². The number of hydrazine groups is 1. The molecule has 0 amide bonds. The summed E-state index contributed by atoms with van der Waals surface area (Å²) in [7, 11) is 0. The Labute approximate surface area is 126 Å². The van der Waals surface area contributed by atoms with Gasteiger partial charge in [0, 0.05) is 28.4 Å². The fourth-order valence-electron chi connectivity index (χ4n) is 2.77. The van der Waals surface area contributed by atoms with Gasteiger partial charge in [-0.3, -0.25) is 0 Å². The zero-order chi connectivity index (χ0) is 15.1. The van der Waals surface area contributed by atoms with Gasteiger partial charge in [0.05, 0.1) is 17.4 Å². The summed E-state index contributed by atoms with van der Waals surface area (Å²) in [6.45, 7) is 3.81. The predicted molar refractivity (Wildman–Crippen MR) is 87.8 cm³/mol. The maximum atomic E-state index is 6.17. The van der Waals surface area contributed by atoms with Crippen molar-refractivity contribution >= 4 is 33.3 Å².